The molecule has 4 N–H and O–H groups in total. The molecule has 0 aliphatic rings. The second-order valence-electron chi connectivity index (χ2n) is 6.25. The van der Waals surface area contributed by atoms with E-state index in [1.165, 1.54) is 36.7 Å². The predicted octanol–water partition coefficient (Wildman–Crippen LogP) is 3.78. The van der Waals surface area contributed by atoms with Crippen LogP contribution in [-0.4, -0.2) is 31.1 Å². The van der Waals surface area contributed by atoms with E-state index >= 15 is 0 Å². The number of hydrogen-bond donors (Lipinski definition) is 4. The second-order valence-corrected chi connectivity index (χ2v) is 6.25. The Bertz CT molecular complexity index is 1150. The molecule has 1 aromatic carbocycles. The lowest BCUT2D eigenvalue weighted by Gasteiger charge is -2.14. The topological polar surface area (TPSA) is 107 Å². The van der Waals surface area contributed by atoms with E-state index in [2.05, 4.69) is 25.3 Å². The number of halogens is 2. The molecule has 0 aliphatic carbocycles. The molecule has 0 unspecified atom stereocenters. The normalized spacial score (nSPS) is 12.2. The summed E-state index contributed by atoms with van der Waals surface area (Å²) in [4.78, 5) is 25.6. The molecule has 0 aliphatic heterocycles. The highest BCUT2D eigenvalue weighted by atomic mass is 19.1. The van der Waals surface area contributed by atoms with Gasteiger partial charge in [0.1, 0.15) is 17.5 Å². The van der Waals surface area contributed by atoms with Crippen LogP contribution in [0.25, 0.3) is 22.3 Å². The number of pyridine rings is 1. The number of benzene rings is 1. The van der Waals surface area contributed by atoms with Gasteiger partial charge < -0.3 is 20.4 Å². The number of nitrogens with zero attached hydrogens (tertiary/aromatic N) is 2. The monoisotopic (exact) mass is 383 g/mol. The molecule has 4 aromatic rings. The van der Waals surface area contributed by atoms with Crippen LogP contribution in [-0.2, 0) is 6.42 Å². The molecule has 0 fully saturated rings. The van der Waals surface area contributed by atoms with Crippen LogP contribution in [0.3, 0.4) is 0 Å². The molecule has 3 aromatic heterocycles. The largest absolute Gasteiger partial charge is 0.465 e. The summed E-state index contributed by atoms with van der Waals surface area (Å²) in [5, 5.41) is 12.4. The van der Waals surface area contributed by atoms with Gasteiger partial charge in [-0.1, -0.05) is 0 Å². The molecule has 0 spiro atoms. The number of aromatic amines is 2. The summed E-state index contributed by atoms with van der Waals surface area (Å²) in [6, 6.07) is 6.15. The molecule has 142 valence electrons. The molecule has 9 heteroatoms. The highest BCUT2D eigenvalue weighted by molar-refractivity contribution is 5.83. The molecular formula is C19H15F2N5O2. The van der Waals surface area contributed by atoms with E-state index in [1.807, 2.05) is 0 Å². The van der Waals surface area contributed by atoms with Crippen molar-refractivity contribution in [2.75, 3.05) is 0 Å². The fourth-order valence-electron chi connectivity index (χ4n) is 3.11. The third-order valence-corrected chi connectivity index (χ3v) is 4.37. The fraction of sp³-hybridized carbons (Fsp3) is 0.105. The number of aromatic nitrogens is 4. The van der Waals surface area contributed by atoms with Gasteiger partial charge in [-0.3, -0.25) is 4.98 Å². The lowest BCUT2D eigenvalue weighted by Crippen LogP contribution is -2.29. The minimum Gasteiger partial charge on any atom is -0.465 e. The van der Waals surface area contributed by atoms with Crippen molar-refractivity contribution in [2.24, 2.45) is 0 Å². The SMILES string of the molecule is O=C(O)N[C@H](Cc1c[nH]c2cc(F)ccc12)c1ncc(-c2cc(F)ccn2)[nH]1. The number of H-pyrrole nitrogens is 2. The molecule has 3 heterocycles. The average Bonchev–Trinajstić information content (AvgIpc) is 3.28. The zero-order valence-electron chi connectivity index (χ0n) is 14.4. The van der Waals surface area contributed by atoms with E-state index in [0.717, 1.165) is 10.9 Å². The Morgan fingerprint density at radius 1 is 1.18 bits per heavy atom. The van der Waals surface area contributed by atoms with Crippen LogP contribution < -0.4 is 5.32 Å². The molecule has 1 amide bonds. The molecule has 0 radical (unpaired) electrons. The molecule has 1 atom stereocenters. The lowest BCUT2D eigenvalue weighted by atomic mass is 10.0. The van der Waals surface area contributed by atoms with E-state index < -0.39 is 18.0 Å². The van der Waals surface area contributed by atoms with E-state index in [-0.39, 0.29) is 12.2 Å². The van der Waals surface area contributed by atoms with Gasteiger partial charge in [0.25, 0.3) is 0 Å². The molecule has 28 heavy (non-hydrogen) atoms. The Kier molecular flexibility index (Phi) is 4.48. The first-order valence-corrected chi connectivity index (χ1v) is 8.41. The average molecular weight is 383 g/mol. The number of imidazole rings is 1. The first-order valence-electron chi connectivity index (χ1n) is 8.41. The van der Waals surface area contributed by atoms with Crippen molar-refractivity contribution in [1.29, 1.82) is 0 Å². The standard InChI is InChI=1S/C19H15F2N5O2/c20-11-1-2-13-10(8-23-14(13)6-11)5-16(26-19(27)28)18-24-9-17(25-18)15-7-12(21)3-4-22-15/h1-4,6-9,16,23,26H,5H2,(H,24,25)(H,27,28)/t16-/m1/s1. The maximum Gasteiger partial charge on any atom is 0.405 e. The third kappa shape index (κ3) is 3.54. The van der Waals surface area contributed by atoms with Crippen LogP contribution in [0, 0.1) is 11.6 Å². The van der Waals surface area contributed by atoms with Crippen LogP contribution in [0.15, 0.2) is 48.9 Å². The van der Waals surface area contributed by atoms with Crippen molar-refractivity contribution in [1.82, 2.24) is 25.3 Å². The van der Waals surface area contributed by atoms with Gasteiger partial charge >= 0.3 is 6.09 Å². The number of amides is 1. The van der Waals surface area contributed by atoms with Gasteiger partial charge in [-0.15, -0.1) is 0 Å². The van der Waals surface area contributed by atoms with Crippen molar-refractivity contribution in [3.63, 3.8) is 0 Å². The van der Waals surface area contributed by atoms with Crippen molar-refractivity contribution in [3.05, 3.63) is 71.9 Å². The highest BCUT2D eigenvalue weighted by Gasteiger charge is 2.20. The summed E-state index contributed by atoms with van der Waals surface area (Å²) in [7, 11) is 0. The van der Waals surface area contributed by atoms with Crippen molar-refractivity contribution < 1.29 is 18.7 Å². The Balaban J connectivity index is 1.65. The molecule has 7 nitrogen and oxygen atoms in total. The predicted molar refractivity (Wildman–Crippen MR) is 97.6 cm³/mol. The summed E-state index contributed by atoms with van der Waals surface area (Å²) < 4.78 is 26.8. The molecule has 0 saturated carbocycles. The van der Waals surface area contributed by atoms with Gasteiger partial charge in [0.05, 0.1) is 23.6 Å². The maximum absolute atomic E-state index is 13.4. The van der Waals surface area contributed by atoms with Gasteiger partial charge in [-0.05, 0) is 29.8 Å². The molecular weight excluding hydrogens is 368 g/mol. The zero-order valence-corrected chi connectivity index (χ0v) is 14.4. The first-order chi connectivity index (χ1) is 13.5. The zero-order chi connectivity index (χ0) is 19.7. The van der Waals surface area contributed by atoms with Gasteiger partial charge in [-0.2, -0.15) is 0 Å². The van der Waals surface area contributed by atoms with Gasteiger partial charge in [-0.25, -0.2) is 18.6 Å². The molecule has 4 rings (SSSR count). The van der Waals surface area contributed by atoms with Gasteiger partial charge in [0.15, 0.2) is 0 Å². The van der Waals surface area contributed by atoms with Crippen LogP contribution >= 0.6 is 0 Å². The first kappa shape index (κ1) is 17.7. The number of nitrogens with one attached hydrogen (secondary N) is 3. The van der Waals surface area contributed by atoms with Gasteiger partial charge in [0.2, 0.25) is 0 Å². The summed E-state index contributed by atoms with van der Waals surface area (Å²) in [6.07, 6.45) is 3.58. The van der Waals surface area contributed by atoms with Crippen molar-refractivity contribution in [2.45, 2.75) is 12.5 Å². The summed E-state index contributed by atoms with van der Waals surface area (Å²) in [6.45, 7) is 0. The number of rotatable bonds is 5. The second kappa shape index (κ2) is 7.10. The number of carboxylic acid groups (broad SMARTS) is 1. The van der Waals surface area contributed by atoms with Crippen molar-refractivity contribution in [3.8, 4) is 11.4 Å². The van der Waals surface area contributed by atoms with E-state index in [1.54, 1.807) is 12.3 Å². The quantitative estimate of drug-likeness (QED) is 0.421. The number of hydrogen-bond acceptors (Lipinski definition) is 3. The van der Waals surface area contributed by atoms with Crippen LogP contribution in [0.5, 0.6) is 0 Å². The Labute approximate surface area is 157 Å². The smallest absolute Gasteiger partial charge is 0.405 e. The van der Waals surface area contributed by atoms with E-state index in [4.69, 9.17) is 0 Å². The Morgan fingerprint density at radius 3 is 2.79 bits per heavy atom. The van der Waals surface area contributed by atoms with Crippen LogP contribution in [0.2, 0.25) is 0 Å². The van der Waals surface area contributed by atoms with Gasteiger partial charge in [0, 0.05) is 35.8 Å². The summed E-state index contributed by atoms with van der Waals surface area (Å²) in [5.41, 5.74) is 2.24. The Hall–Kier alpha value is -3.75. The third-order valence-electron chi connectivity index (χ3n) is 4.37. The van der Waals surface area contributed by atoms with E-state index in [0.29, 0.717) is 22.7 Å². The highest BCUT2D eigenvalue weighted by Crippen LogP contribution is 2.25. The van der Waals surface area contributed by atoms with Crippen LogP contribution in [0.1, 0.15) is 17.4 Å². The number of carbonyl (C=O) groups is 1. The molecule has 0 saturated heterocycles. The van der Waals surface area contributed by atoms with E-state index in [9.17, 15) is 18.7 Å². The maximum atomic E-state index is 13.4. The fourth-order valence-corrected chi connectivity index (χ4v) is 3.11. The minimum absolute atomic E-state index is 0.279. The Morgan fingerprint density at radius 2 is 2.00 bits per heavy atom. The minimum atomic E-state index is -1.21. The number of fused-ring (bicyclic) bond motifs is 1. The lowest BCUT2D eigenvalue weighted by molar-refractivity contribution is 0.189. The van der Waals surface area contributed by atoms with Crippen LogP contribution in [0.4, 0.5) is 13.6 Å². The molecule has 0 bridgehead atoms. The summed E-state index contributed by atoms with van der Waals surface area (Å²) >= 11 is 0. The summed E-state index contributed by atoms with van der Waals surface area (Å²) in [5.74, 6) is -0.438. The van der Waals surface area contributed by atoms with Crippen molar-refractivity contribution >= 4 is 17.0 Å².